The van der Waals surface area contributed by atoms with E-state index in [0.29, 0.717) is 28.4 Å². The van der Waals surface area contributed by atoms with E-state index in [0.717, 1.165) is 21.9 Å². The van der Waals surface area contributed by atoms with Gasteiger partial charge in [-0.1, -0.05) is 0 Å². The van der Waals surface area contributed by atoms with Gasteiger partial charge in [-0.05, 0) is 63.4 Å². The molecule has 1 aromatic heterocycles. The van der Waals surface area contributed by atoms with Gasteiger partial charge in [0.15, 0.2) is 11.5 Å². The van der Waals surface area contributed by atoms with Crippen LogP contribution in [0, 0.1) is 0 Å². The van der Waals surface area contributed by atoms with Crippen molar-refractivity contribution in [3.8, 4) is 22.6 Å². The Morgan fingerprint density at radius 1 is 1.07 bits per heavy atom. The third-order valence-electron chi connectivity index (χ3n) is 4.59. The minimum absolute atomic E-state index is 0.227. The van der Waals surface area contributed by atoms with Crippen molar-refractivity contribution in [3.63, 3.8) is 0 Å². The minimum Gasteiger partial charge on any atom is -0.493 e. The summed E-state index contributed by atoms with van der Waals surface area (Å²) in [5.74, 6) is 1.30. The Hall–Kier alpha value is -3.36. The second kappa shape index (κ2) is 8.76. The number of benzene rings is 2. The van der Waals surface area contributed by atoms with Crippen LogP contribution >= 0.6 is 0 Å². The van der Waals surface area contributed by atoms with Crippen LogP contribution < -0.4 is 20.3 Å². The number of pyridine rings is 1. The predicted molar refractivity (Wildman–Crippen MR) is 110 cm³/mol. The summed E-state index contributed by atoms with van der Waals surface area (Å²) in [6.45, 7) is 0.903. The molecular formula is C21H23N3O5. The Kier molecular flexibility index (Phi) is 6.16. The van der Waals surface area contributed by atoms with Gasteiger partial charge in [0.25, 0.3) is 0 Å². The Labute approximate surface area is 168 Å². The monoisotopic (exact) mass is 397 g/mol. The first-order valence-electron chi connectivity index (χ1n) is 8.93. The molecule has 8 heteroatoms. The Balaban J connectivity index is 2.29. The summed E-state index contributed by atoms with van der Waals surface area (Å²) in [5.41, 5.74) is 7.93. The number of hydrogen-bond acceptors (Lipinski definition) is 7. The van der Waals surface area contributed by atoms with E-state index in [4.69, 9.17) is 9.47 Å². The predicted octanol–water partition coefficient (Wildman–Crippen LogP) is 2.37. The second-order valence-electron chi connectivity index (χ2n) is 6.37. The average molecular weight is 397 g/mol. The maximum Gasteiger partial charge on any atom is 0.235 e. The standard InChI is InChI=1S/C21H23N3O5/c1-12(27)23-24-20-8-13(4-5-22-20)21-16-9-19(29-3)18(28-2)7-14(16)6-15(10-25)17(21)11-26/h4-9,25-26H,10-11H2,1-3H3,(H,22,24)(H,23,27). The Morgan fingerprint density at radius 2 is 1.79 bits per heavy atom. The number of fused-ring (bicyclic) bond motifs is 1. The molecule has 0 radical (unpaired) electrons. The number of nitrogens with one attached hydrogen (secondary N) is 2. The molecule has 3 rings (SSSR count). The summed E-state index contributed by atoms with van der Waals surface area (Å²) in [7, 11) is 3.11. The maximum absolute atomic E-state index is 11.2. The van der Waals surface area contributed by atoms with E-state index < -0.39 is 0 Å². The summed E-state index contributed by atoms with van der Waals surface area (Å²) >= 11 is 0. The van der Waals surface area contributed by atoms with Crippen molar-refractivity contribution in [2.45, 2.75) is 20.1 Å². The molecule has 0 saturated carbocycles. The quantitative estimate of drug-likeness (QED) is 0.453. The molecule has 0 bridgehead atoms. The van der Waals surface area contributed by atoms with Crippen LogP contribution in [0.1, 0.15) is 18.1 Å². The van der Waals surface area contributed by atoms with E-state index in [1.165, 1.54) is 6.92 Å². The zero-order valence-corrected chi connectivity index (χ0v) is 16.4. The fraction of sp³-hybridized carbons (Fsp3) is 0.238. The first kappa shape index (κ1) is 20.4. The molecule has 1 heterocycles. The Morgan fingerprint density at radius 3 is 2.41 bits per heavy atom. The molecule has 8 nitrogen and oxygen atoms in total. The molecule has 1 amide bonds. The highest BCUT2D eigenvalue weighted by Crippen LogP contribution is 2.40. The number of carbonyl (C=O) groups excluding carboxylic acids is 1. The number of rotatable bonds is 7. The number of aliphatic hydroxyl groups is 2. The van der Waals surface area contributed by atoms with Crippen molar-refractivity contribution in [2.75, 3.05) is 19.6 Å². The third-order valence-corrected chi connectivity index (χ3v) is 4.59. The van der Waals surface area contributed by atoms with Crippen LogP contribution in [0.25, 0.3) is 21.9 Å². The maximum atomic E-state index is 11.2. The highest BCUT2D eigenvalue weighted by atomic mass is 16.5. The van der Waals surface area contributed by atoms with E-state index in [1.54, 1.807) is 32.5 Å². The lowest BCUT2D eigenvalue weighted by molar-refractivity contribution is -0.118. The van der Waals surface area contributed by atoms with Crippen molar-refractivity contribution in [1.82, 2.24) is 10.4 Å². The van der Waals surface area contributed by atoms with Gasteiger partial charge in [0.05, 0.1) is 27.4 Å². The van der Waals surface area contributed by atoms with Gasteiger partial charge in [0.1, 0.15) is 5.82 Å². The molecule has 0 unspecified atom stereocenters. The fourth-order valence-corrected chi connectivity index (χ4v) is 3.29. The molecular weight excluding hydrogens is 374 g/mol. The van der Waals surface area contributed by atoms with Gasteiger partial charge in [-0.15, -0.1) is 0 Å². The van der Waals surface area contributed by atoms with Crippen molar-refractivity contribution < 1.29 is 24.5 Å². The summed E-state index contributed by atoms with van der Waals surface area (Å²) < 4.78 is 10.8. The van der Waals surface area contributed by atoms with E-state index in [1.807, 2.05) is 18.2 Å². The Bertz CT molecular complexity index is 1050. The summed E-state index contributed by atoms with van der Waals surface area (Å²) in [6, 6.07) is 9.04. The zero-order valence-electron chi connectivity index (χ0n) is 16.4. The summed E-state index contributed by atoms with van der Waals surface area (Å²) in [6.07, 6.45) is 1.60. The number of aliphatic hydroxyl groups excluding tert-OH is 2. The topological polar surface area (TPSA) is 113 Å². The molecule has 0 spiro atoms. The first-order chi connectivity index (χ1) is 14.0. The number of hydrazine groups is 1. The van der Waals surface area contributed by atoms with Gasteiger partial charge in [0.2, 0.25) is 5.91 Å². The van der Waals surface area contributed by atoms with Gasteiger partial charge in [0, 0.05) is 13.1 Å². The molecule has 2 aromatic carbocycles. The largest absolute Gasteiger partial charge is 0.493 e. The summed E-state index contributed by atoms with van der Waals surface area (Å²) in [5, 5.41) is 21.6. The van der Waals surface area contributed by atoms with Crippen molar-refractivity contribution in [2.24, 2.45) is 0 Å². The second-order valence-corrected chi connectivity index (χ2v) is 6.37. The molecule has 152 valence electrons. The van der Waals surface area contributed by atoms with Crippen LogP contribution in [0.2, 0.25) is 0 Å². The number of hydrogen-bond donors (Lipinski definition) is 4. The lowest BCUT2D eigenvalue weighted by Crippen LogP contribution is -2.26. The van der Waals surface area contributed by atoms with Gasteiger partial charge >= 0.3 is 0 Å². The van der Waals surface area contributed by atoms with Crippen molar-refractivity contribution in [3.05, 3.63) is 47.7 Å². The van der Waals surface area contributed by atoms with Crippen LogP contribution in [0.5, 0.6) is 11.5 Å². The highest BCUT2D eigenvalue weighted by Gasteiger charge is 2.18. The van der Waals surface area contributed by atoms with Crippen molar-refractivity contribution in [1.29, 1.82) is 0 Å². The van der Waals surface area contributed by atoms with Crippen LogP contribution in [0.4, 0.5) is 5.82 Å². The molecule has 0 saturated heterocycles. The lowest BCUT2D eigenvalue weighted by Gasteiger charge is -2.18. The highest BCUT2D eigenvalue weighted by molar-refractivity contribution is 6.01. The molecule has 0 aliphatic heterocycles. The van der Waals surface area contributed by atoms with Gasteiger partial charge in [-0.3, -0.25) is 15.6 Å². The minimum atomic E-state index is -0.258. The number of ether oxygens (including phenoxy) is 2. The third kappa shape index (κ3) is 4.08. The van der Waals surface area contributed by atoms with E-state index in [9.17, 15) is 15.0 Å². The van der Waals surface area contributed by atoms with E-state index in [2.05, 4.69) is 15.8 Å². The number of nitrogens with zero attached hydrogens (tertiary/aromatic N) is 1. The van der Waals surface area contributed by atoms with Crippen molar-refractivity contribution >= 4 is 22.5 Å². The molecule has 3 aromatic rings. The van der Waals surface area contributed by atoms with Gasteiger partial charge < -0.3 is 19.7 Å². The smallest absolute Gasteiger partial charge is 0.235 e. The first-order valence-corrected chi connectivity index (χ1v) is 8.93. The molecule has 4 N–H and O–H groups in total. The van der Waals surface area contributed by atoms with Crippen LogP contribution in [0.15, 0.2) is 36.5 Å². The molecule has 0 aliphatic carbocycles. The SMILES string of the molecule is COc1cc2cc(CO)c(CO)c(-c3ccnc(NNC(C)=O)c3)c2cc1OC. The molecule has 29 heavy (non-hydrogen) atoms. The average Bonchev–Trinajstić information content (AvgIpc) is 2.75. The zero-order chi connectivity index (χ0) is 21.0. The van der Waals surface area contributed by atoms with Crippen LogP contribution in [-0.4, -0.2) is 35.3 Å². The van der Waals surface area contributed by atoms with E-state index >= 15 is 0 Å². The van der Waals surface area contributed by atoms with Gasteiger partial charge in [-0.25, -0.2) is 4.98 Å². The fourth-order valence-electron chi connectivity index (χ4n) is 3.29. The summed E-state index contributed by atoms with van der Waals surface area (Å²) in [4.78, 5) is 15.4. The van der Waals surface area contributed by atoms with E-state index in [-0.39, 0.29) is 19.1 Å². The molecule has 0 aliphatic rings. The molecule has 0 atom stereocenters. The number of carbonyl (C=O) groups is 1. The normalized spacial score (nSPS) is 10.7. The lowest BCUT2D eigenvalue weighted by atomic mass is 9.90. The number of anilines is 1. The number of amides is 1. The number of aromatic nitrogens is 1. The molecule has 0 fully saturated rings. The van der Waals surface area contributed by atoms with Crippen LogP contribution in [0.3, 0.4) is 0 Å². The number of methoxy groups -OCH3 is 2. The van der Waals surface area contributed by atoms with Crippen LogP contribution in [-0.2, 0) is 18.0 Å². The van der Waals surface area contributed by atoms with Gasteiger partial charge in [-0.2, -0.15) is 0 Å².